The maximum Gasteiger partial charge on any atom is 0.231 e. The zero-order valence-corrected chi connectivity index (χ0v) is 15.2. The van der Waals surface area contributed by atoms with E-state index in [2.05, 4.69) is 12.2 Å². The number of pyridine rings is 1. The molecule has 27 heavy (non-hydrogen) atoms. The first-order valence-electron chi connectivity index (χ1n) is 9.19. The van der Waals surface area contributed by atoms with E-state index >= 15 is 0 Å². The third kappa shape index (κ3) is 3.53. The summed E-state index contributed by atoms with van der Waals surface area (Å²) in [5.41, 5.74) is 3.32. The molecule has 2 N–H and O–H groups in total. The number of hydrogen-bond donors (Lipinski definition) is 2. The number of fused-ring (bicyclic) bond motifs is 1. The lowest BCUT2D eigenvalue weighted by molar-refractivity contribution is 0.174. The van der Waals surface area contributed by atoms with Crippen LogP contribution in [0.5, 0.6) is 17.2 Å². The van der Waals surface area contributed by atoms with Gasteiger partial charge >= 0.3 is 0 Å². The van der Waals surface area contributed by atoms with E-state index in [4.69, 9.17) is 14.5 Å². The highest BCUT2D eigenvalue weighted by Crippen LogP contribution is 2.42. The average molecular weight is 362 g/mol. The Bertz CT molecular complexity index is 956. The van der Waals surface area contributed by atoms with Crippen LogP contribution in [0.15, 0.2) is 54.6 Å². The largest absolute Gasteiger partial charge is 0.507 e. The van der Waals surface area contributed by atoms with Crippen molar-refractivity contribution >= 4 is 5.82 Å². The van der Waals surface area contributed by atoms with Crippen molar-refractivity contribution in [3.63, 3.8) is 0 Å². The van der Waals surface area contributed by atoms with Gasteiger partial charge in [-0.15, -0.1) is 0 Å². The minimum atomic E-state index is 0.208. The number of unbranched alkanes of at least 4 members (excludes halogenated alkanes) is 1. The van der Waals surface area contributed by atoms with Gasteiger partial charge < -0.3 is 19.9 Å². The molecule has 4 rings (SSSR count). The van der Waals surface area contributed by atoms with Crippen molar-refractivity contribution < 1.29 is 14.6 Å². The van der Waals surface area contributed by atoms with Crippen molar-refractivity contribution in [3.05, 3.63) is 54.6 Å². The van der Waals surface area contributed by atoms with Crippen LogP contribution >= 0.6 is 0 Å². The maximum absolute atomic E-state index is 10.3. The van der Waals surface area contributed by atoms with Crippen LogP contribution in [-0.2, 0) is 0 Å². The second-order valence-corrected chi connectivity index (χ2v) is 6.46. The van der Waals surface area contributed by atoms with Crippen LogP contribution in [0.3, 0.4) is 0 Å². The first kappa shape index (κ1) is 17.2. The number of phenolic OH excluding ortho intramolecular Hbond substituents is 1. The second kappa shape index (κ2) is 7.58. The lowest BCUT2D eigenvalue weighted by Gasteiger charge is -2.13. The molecule has 1 aromatic heterocycles. The van der Waals surface area contributed by atoms with Gasteiger partial charge in [-0.3, -0.25) is 0 Å². The van der Waals surface area contributed by atoms with E-state index in [9.17, 15) is 5.11 Å². The molecule has 0 bridgehead atoms. The summed E-state index contributed by atoms with van der Waals surface area (Å²) in [4.78, 5) is 4.71. The lowest BCUT2D eigenvalue weighted by atomic mass is 10.0. The van der Waals surface area contributed by atoms with Crippen LogP contribution in [-0.4, -0.2) is 23.4 Å². The minimum Gasteiger partial charge on any atom is -0.507 e. The van der Waals surface area contributed by atoms with Crippen molar-refractivity contribution in [1.82, 2.24) is 4.98 Å². The van der Waals surface area contributed by atoms with Crippen LogP contribution in [0.2, 0.25) is 0 Å². The summed E-state index contributed by atoms with van der Waals surface area (Å²) in [6.45, 7) is 3.23. The standard InChI is InChI=1S/C22H22N2O3/c1-2-3-11-23-21-13-15(16-8-6-10-20-22(16)27-14-26-20)12-18(24-21)17-7-4-5-9-19(17)25/h4-10,12-13,25H,2-3,11,14H2,1H3,(H,23,24). The van der Waals surface area contributed by atoms with Gasteiger partial charge in [0.05, 0.1) is 5.69 Å². The number of para-hydroxylation sites is 2. The Morgan fingerprint density at radius 2 is 1.89 bits per heavy atom. The Morgan fingerprint density at radius 1 is 1.04 bits per heavy atom. The summed E-state index contributed by atoms with van der Waals surface area (Å²) in [7, 11) is 0. The first-order chi connectivity index (χ1) is 13.3. The summed E-state index contributed by atoms with van der Waals surface area (Å²) in [5, 5.41) is 13.7. The van der Waals surface area contributed by atoms with Gasteiger partial charge in [-0.2, -0.15) is 0 Å². The maximum atomic E-state index is 10.3. The smallest absolute Gasteiger partial charge is 0.231 e. The van der Waals surface area contributed by atoms with Gasteiger partial charge in [-0.05, 0) is 42.3 Å². The summed E-state index contributed by atoms with van der Waals surface area (Å²) in [5.74, 6) is 2.47. The molecule has 0 aliphatic carbocycles. The Hall–Kier alpha value is -3.21. The number of nitrogens with one attached hydrogen (secondary N) is 1. The van der Waals surface area contributed by atoms with Gasteiger partial charge in [-0.25, -0.2) is 4.98 Å². The molecular weight excluding hydrogens is 340 g/mol. The van der Waals surface area contributed by atoms with Gasteiger partial charge in [0, 0.05) is 17.7 Å². The molecule has 1 aliphatic rings. The normalized spacial score (nSPS) is 12.2. The topological polar surface area (TPSA) is 63.6 Å². The fraction of sp³-hybridized carbons (Fsp3) is 0.227. The van der Waals surface area contributed by atoms with Crippen LogP contribution in [0.25, 0.3) is 22.4 Å². The van der Waals surface area contributed by atoms with Crippen LogP contribution < -0.4 is 14.8 Å². The van der Waals surface area contributed by atoms with E-state index < -0.39 is 0 Å². The lowest BCUT2D eigenvalue weighted by Crippen LogP contribution is -2.04. The number of anilines is 1. The van der Waals surface area contributed by atoms with Crippen LogP contribution in [0, 0.1) is 0 Å². The van der Waals surface area contributed by atoms with Gasteiger partial charge in [0.25, 0.3) is 0 Å². The van der Waals surface area contributed by atoms with E-state index in [0.717, 1.165) is 47.8 Å². The first-order valence-corrected chi connectivity index (χ1v) is 9.19. The Labute approximate surface area is 158 Å². The highest BCUT2D eigenvalue weighted by atomic mass is 16.7. The van der Waals surface area contributed by atoms with E-state index in [1.54, 1.807) is 12.1 Å². The molecule has 0 saturated carbocycles. The number of benzene rings is 2. The molecule has 5 heteroatoms. The number of aromatic nitrogens is 1. The number of ether oxygens (including phenoxy) is 2. The van der Waals surface area contributed by atoms with Gasteiger partial charge in [0.15, 0.2) is 11.5 Å². The van der Waals surface area contributed by atoms with Crippen LogP contribution in [0.1, 0.15) is 19.8 Å². The number of phenols is 1. The number of hydrogen-bond acceptors (Lipinski definition) is 5. The zero-order chi connectivity index (χ0) is 18.6. The summed E-state index contributed by atoms with van der Waals surface area (Å²) in [6, 6.07) is 17.1. The summed E-state index contributed by atoms with van der Waals surface area (Å²) >= 11 is 0. The number of rotatable bonds is 6. The highest BCUT2D eigenvalue weighted by Gasteiger charge is 2.19. The van der Waals surface area contributed by atoms with E-state index in [-0.39, 0.29) is 12.5 Å². The SMILES string of the molecule is CCCCNc1cc(-c2cccc3c2OCO3)cc(-c2ccccc2O)n1. The van der Waals surface area contributed by atoms with Gasteiger partial charge in [0.1, 0.15) is 11.6 Å². The Balaban J connectivity index is 1.81. The number of nitrogens with zero attached hydrogens (tertiary/aromatic N) is 1. The van der Waals surface area contributed by atoms with Gasteiger partial charge in [-0.1, -0.05) is 37.6 Å². The molecule has 0 unspecified atom stereocenters. The van der Waals surface area contributed by atoms with Crippen molar-refractivity contribution in [2.45, 2.75) is 19.8 Å². The monoisotopic (exact) mass is 362 g/mol. The average Bonchev–Trinajstić information content (AvgIpc) is 3.17. The quantitative estimate of drug-likeness (QED) is 0.600. The Kier molecular flexibility index (Phi) is 4.83. The fourth-order valence-corrected chi connectivity index (χ4v) is 3.16. The third-order valence-corrected chi connectivity index (χ3v) is 4.55. The molecule has 0 saturated heterocycles. The molecule has 0 radical (unpaired) electrons. The Morgan fingerprint density at radius 3 is 2.74 bits per heavy atom. The molecule has 0 spiro atoms. The zero-order valence-electron chi connectivity index (χ0n) is 15.2. The molecule has 0 amide bonds. The van der Waals surface area contributed by atoms with Crippen molar-refractivity contribution in [1.29, 1.82) is 0 Å². The predicted octanol–water partition coefficient (Wildman–Crippen LogP) is 5.06. The van der Waals surface area contributed by atoms with E-state index in [1.807, 2.05) is 42.5 Å². The molecular formula is C22H22N2O3. The van der Waals surface area contributed by atoms with Gasteiger partial charge in [0.2, 0.25) is 6.79 Å². The molecule has 3 aromatic rings. The molecule has 0 atom stereocenters. The molecule has 5 nitrogen and oxygen atoms in total. The minimum absolute atomic E-state index is 0.208. The highest BCUT2D eigenvalue weighted by molar-refractivity contribution is 5.80. The van der Waals surface area contributed by atoms with Crippen molar-refractivity contribution in [2.75, 3.05) is 18.7 Å². The summed E-state index contributed by atoms with van der Waals surface area (Å²) in [6.07, 6.45) is 2.17. The van der Waals surface area contributed by atoms with Crippen molar-refractivity contribution in [2.24, 2.45) is 0 Å². The molecule has 2 aromatic carbocycles. The predicted molar refractivity (Wildman–Crippen MR) is 106 cm³/mol. The molecule has 138 valence electrons. The van der Waals surface area contributed by atoms with E-state index in [0.29, 0.717) is 11.3 Å². The fourth-order valence-electron chi connectivity index (χ4n) is 3.16. The number of aromatic hydroxyl groups is 1. The molecule has 2 heterocycles. The molecule has 0 fully saturated rings. The second-order valence-electron chi connectivity index (χ2n) is 6.46. The van der Waals surface area contributed by atoms with Crippen LogP contribution in [0.4, 0.5) is 5.82 Å². The van der Waals surface area contributed by atoms with E-state index in [1.165, 1.54) is 0 Å². The summed E-state index contributed by atoms with van der Waals surface area (Å²) < 4.78 is 11.2. The van der Waals surface area contributed by atoms with Crippen molar-refractivity contribution in [3.8, 4) is 39.6 Å². The third-order valence-electron chi connectivity index (χ3n) is 4.55. The molecule has 1 aliphatic heterocycles.